The van der Waals surface area contributed by atoms with E-state index in [1.54, 1.807) is 24.3 Å². The van der Waals surface area contributed by atoms with Crippen LogP contribution in [-0.2, 0) is 0 Å². The third-order valence-electron chi connectivity index (χ3n) is 1.71. The number of nitrogens with one attached hydrogen (secondary N) is 1. The third-order valence-corrected chi connectivity index (χ3v) is 1.71. The summed E-state index contributed by atoms with van der Waals surface area (Å²) in [6.07, 6.45) is 0. The normalized spacial score (nSPS) is 9.47. The van der Waals surface area contributed by atoms with Gasteiger partial charge in [-0.25, -0.2) is 5.84 Å². The number of hydrogen-bond acceptors (Lipinski definition) is 3. The van der Waals surface area contributed by atoms with Crippen molar-refractivity contribution in [3.8, 4) is 5.75 Å². The lowest BCUT2D eigenvalue weighted by molar-refractivity contribution is 0.0953. The van der Waals surface area contributed by atoms with Gasteiger partial charge in [0, 0.05) is 5.56 Å². The Bertz CT molecular complexity index is 375. The first kappa shape index (κ1) is 11.3. The Labute approximate surface area is 88.7 Å². The van der Waals surface area contributed by atoms with Crippen LogP contribution < -0.4 is 16.0 Å². The van der Waals surface area contributed by atoms with Gasteiger partial charge in [-0.15, -0.1) is 0 Å². The van der Waals surface area contributed by atoms with Crippen LogP contribution in [0, 0.1) is 0 Å². The van der Waals surface area contributed by atoms with Crippen molar-refractivity contribution in [1.82, 2.24) is 5.43 Å². The number of amides is 1. The Morgan fingerprint density at radius 2 is 2.33 bits per heavy atom. The van der Waals surface area contributed by atoms with E-state index in [4.69, 9.17) is 10.6 Å². The van der Waals surface area contributed by atoms with E-state index in [0.717, 1.165) is 5.57 Å². The maximum absolute atomic E-state index is 11.2. The number of benzene rings is 1. The molecule has 3 N–H and O–H groups in total. The molecule has 1 rings (SSSR count). The Morgan fingerprint density at radius 1 is 1.60 bits per heavy atom. The Morgan fingerprint density at radius 3 is 2.93 bits per heavy atom. The fraction of sp³-hybridized carbons (Fsp3) is 0.182. The monoisotopic (exact) mass is 206 g/mol. The average Bonchev–Trinajstić information content (AvgIpc) is 2.25. The second-order valence-electron chi connectivity index (χ2n) is 3.25. The van der Waals surface area contributed by atoms with Gasteiger partial charge in [0.1, 0.15) is 12.4 Å². The number of hydrogen-bond donors (Lipinski definition) is 2. The van der Waals surface area contributed by atoms with Gasteiger partial charge < -0.3 is 4.74 Å². The lowest BCUT2D eigenvalue weighted by Gasteiger charge is -2.06. The maximum Gasteiger partial charge on any atom is 0.265 e. The molecule has 0 aliphatic heterocycles. The van der Waals surface area contributed by atoms with Gasteiger partial charge in [-0.3, -0.25) is 10.2 Å². The van der Waals surface area contributed by atoms with Gasteiger partial charge in [0.25, 0.3) is 5.91 Å². The largest absolute Gasteiger partial charge is 0.489 e. The zero-order valence-corrected chi connectivity index (χ0v) is 8.62. The van der Waals surface area contributed by atoms with Crippen molar-refractivity contribution >= 4 is 5.91 Å². The third kappa shape index (κ3) is 3.44. The molecule has 0 spiro atoms. The van der Waals surface area contributed by atoms with E-state index in [9.17, 15) is 4.79 Å². The first-order valence-electron chi connectivity index (χ1n) is 4.51. The molecule has 15 heavy (non-hydrogen) atoms. The van der Waals surface area contributed by atoms with E-state index in [-0.39, 0.29) is 5.91 Å². The minimum absolute atomic E-state index is 0.337. The van der Waals surface area contributed by atoms with Crippen LogP contribution in [-0.4, -0.2) is 12.5 Å². The van der Waals surface area contributed by atoms with Crippen molar-refractivity contribution in [2.24, 2.45) is 5.84 Å². The first-order chi connectivity index (χ1) is 7.13. The summed E-state index contributed by atoms with van der Waals surface area (Å²) in [4.78, 5) is 11.2. The summed E-state index contributed by atoms with van der Waals surface area (Å²) in [5, 5.41) is 0. The number of hydrazine groups is 1. The van der Waals surface area contributed by atoms with E-state index in [2.05, 4.69) is 12.0 Å². The van der Waals surface area contributed by atoms with Crippen LogP contribution >= 0.6 is 0 Å². The van der Waals surface area contributed by atoms with Gasteiger partial charge in [-0.1, -0.05) is 12.6 Å². The molecule has 80 valence electrons. The lowest BCUT2D eigenvalue weighted by atomic mass is 10.2. The van der Waals surface area contributed by atoms with Crippen LogP contribution in [0.15, 0.2) is 36.4 Å². The molecule has 0 atom stereocenters. The maximum atomic E-state index is 11.2. The molecule has 0 saturated heterocycles. The molecule has 0 aliphatic rings. The molecule has 0 aliphatic carbocycles. The number of nitrogen functional groups attached to an aromatic ring is 1. The van der Waals surface area contributed by atoms with Gasteiger partial charge >= 0.3 is 0 Å². The molecule has 4 heteroatoms. The predicted molar refractivity (Wildman–Crippen MR) is 58.4 cm³/mol. The highest BCUT2D eigenvalue weighted by molar-refractivity contribution is 5.94. The average molecular weight is 206 g/mol. The standard InChI is InChI=1S/C11H14N2O2/c1-8(2)7-15-10-5-3-4-9(6-10)11(14)13-12/h3-6H,1,7,12H2,2H3,(H,13,14). The Hall–Kier alpha value is -1.81. The molecule has 0 aromatic heterocycles. The van der Waals surface area contributed by atoms with E-state index in [1.165, 1.54) is 0 Å². The first-order valence-corrected chi connectivity index (χ1v) is 4.51. The number of carbonyl (C=O) groups is 1. The van der Waals surface area contributed by atoms with E-state index >= 15 is 0 Å². The number of rotatable bonds is 4. The smallest absolute Gasteiger partial charge is 0.265 e. The van der Waals surface area contributed by atoms with E-state index in [1.807, 2.05) is 6.92 Å². The van der Waals surface area contributed by atoms with Crippen molar-refractivity contribution in [3.05, 3.63) is 42.0 Å². The highest BCUT2D eigenvalue weighted by atomic mass is 16.5. The summed E-state index contributed by atoms with van der Waals surface area (Å²) < 4.78 is 5.38. The topological polar surface area (TPSA) is 64.3 Å². The summed E-state index contributed by atoms with van der Waals surface area (Å²) in [6.45, 7) is 6.03. The number of nitrogens with two attached hydrogens (primary N) is 1. The SMILES string of the molecule is C=C(C)COc1cccc(C(=O)NN)c1. The fourth-order valence-electron chi connectivity index (χ4n) is 1.02. The van der Waals surface area contributed by atoms with Crippen LogP contribution in [0.3, 0.4) is 0 Å². The van der Waals surface area contributed by atoms with Gasteiger partial charge in [0.05, 0.1) is 0 Å². The second-order valence-corrected chi connectivity index (χ2v) is 3.25. The van der Waals surface area contributed by atoms with Gasteiger partial charge in [0.2, 0.25) is 0 Å². The summed E-state index contributed by atoms with van der Waals surface area (Å²) in [6, 6.07) is 6.80. The summed E-state index contributed by atoms with van der Waals surface area (Å²) in [7, 11) is 0. The molecule has 0 fully saturated rings. The molecule has 1 amide bonds. The number of ether oxygens (including phenoxy) is 1. The fourth-order valence-corrected chi connectivity index (χ4v) is 1.02. The number of carbonyl (C=O) groups excluding carboxylic acids is 1. The van der Waals surface area contributed by atoms with Crippen molar-refractivity contribution in [1.29, 1.82) is 0 Å². The summed E-state index contributed by atoms with van der Waals surface area (Å²) >= 11 is 0. The highest BCUT2D eigenvalue weighted by Crippen LogP contribution is 2.13. The Balaban J connectivity index is 2.74. The molecule has 0 bridgehead atoms. The molecule has 0 heterocycles. The molecule has 4 nitrogen and oxygen atoms in total. The van der Waals surface area contributed by atoms with Crippen molar-refractivity contribution in [2.75, 3.05) is 6.61 Å². The van der Waals surface area contributed by atoms with Crippen LogP contribution in [0.5, 0.6) is 5.75 Å². The molecule has 0 unspecified atom stereocenters. The molecular formula is C11H14N2O2. The van der Waals surface area contributed by atoms with Gasteiger partial charge in [-0.2, -0.15) is 0 Å². The lowest BCUT2D eigenvalue weighted by Crippen LogP contribution is -2.29. The van der Waals surface area contributed by atoms with Crippen LogP contribution in [0.1, 0.15) is 17.3 Å². The van der Waals surface area contributed by atoms with Crippen LogP contribution in [0.4, 0.5) is 0 Å². The molecule has 0 saturated carbocycles. The van der Waals surface area contributed by atoms with E-state index < -0.39 is 0 Å². The molecule has 1 aromatic rings. The molecule has 0 radical (unpaired) electrons. The Kier molecular flexibility index (Phi) is 3.88. The van der Waals surface area contributed by atoms with Gasteiger partial charge in [0.15, 0.2) is 0 Å². The van der Waals surface area contributed by atoms with Crippen molar-refractivity contribution in [3.63, 3.8) is 0 Å². The minimum atomic E-state index is -0.337. The van der Waals surface area contributed by atoms with Crippen LogP contribution in [0.2, 0.25) is 0 Å². The minimum Gasteiger partial charge on any atom is -0.489 e. The predicted octanol–water partition coefficient (Wildman–Crippen LogP) is 1.25. The van der Waals surface area contributed by atoms with Crippen molar-refractivity contribution < 1.29 is 9.53 Å². The molecular weight excluding hydrogens is 192 g/mol. The highest BCUT2D eigenvalue weighted by Gasteiger charge is 2.04. The summed E-state index contributed by atoms with van der Waals surface area (Å²) in [5.41, 5.74) is 3.45. The van der Waals surface area contributed by atoms with Gasteiger partial charge in [-0.05, 0) is 30.7 Å². The quantitative estimate of drug-likeness (QED) is 0.337. The zero-order chi connectivity index (χ0) is 11.3. The molecule has 1 aromatic carbocycles. The van der Waals surface area contributed by atoms with E-state index in [0.29, 0.717) is 17.9 Å². The van der Waals surface area contributed by atoms with Crippen LogP contribution in [0.25, 0.3) is 0 Å². The second kappa shape index (κ2) is 5.17. The zero-order valence-electron chi connectivity index (χ0n) is 8.62. The summed E-state index contributed by atoms with van der Waals surface area (Å²) in [5.74, 6) is 5.31. The van der Waals surface area contributed by atoms with Crippen molar-refractivity contribution in [2.45, 2.75) is 6.92 Å².